The molecule has 0 aromatic rings. The molecule has 1 N–H and O–H groups in total. The summed E-state index contributed by atoms with van der Waals surface area (Å²) in [4.78, 5) is 21.8. The molecule has 0 spiro atoms. The lowest BCUT2D eigenvalue weighted by Crippen LogP contribution is -2.39. The van der Waals surface area contributed by atoms with Gasteiger partial charge in [0.15, 0.2) is 5.78 Å². The Hall–Kier alpha value is -1.06. The Kier molecular flexibility index (Phi) is 5.93. The number of methoxy groups -OCH3 is 1. The lowest BCUT2D eigenvalue weighted by atomic mass is 10.1. The van der Waals surface area contributed by atoms with Gasteiger partial charge in [-0.15, -0.1) is 0 Å². The number of ketones is 1. The van der Waals surface area contributed by atoms with Crippen LogP contribution in [0.1, 0.15) is 33.1 Å². The maximum atomic E-state index is 11.0. The van der Waals surface area contributed by atoms with Gasteiger partial charge in [0.1, 0.15) is 0 Å². The Morgan fingerprint density at radius 3 is 2.46 bits per heavy atom. The first kappa shape index (κ1) is 11.9. The molecule has 4 nitrogen and oxygen atoms in total. The van der Waals surface area contributed by atoms with E-state index in [0.29, 0.717) is 6.42 Å². The molecule has 0 radical (unpaired) electrons. The number of ether oxygens (including phenoxy) is 1. The van der Waals surface area contributed by atoms with Crippen molar-refractivity contribution in [1.82, 2.24) is 5.32 Å². The van der Waals surface area contributed by atoms with Crippen LogP contribution in [0.15, 0.2) is 0 Å². The molecule has 0 heterocycles. The second kappa shape index (κ2) is 6.46. The highest BCUT2D eigenvalue weighted by molar-refractivity contribution is 5.85. The summed E-state index contributed by atoms with van der Waals surface area (Å²) in [6.45, 7) is 3.51. The van der Waals surface area contributed by atoms with Crippen LogP contribution in [0.2, 0.25) is 0 Å². The Bertz CT molecular complexity index is 180. The largest absolute Gasteiger partial charge is 0.453 e. The molecule has 0 saturated heterocycles. The van der Waals surface area contributed by atoms with Gasteiger partial charge in [-0.3, -0.25) is 4.79 Å². The predicted octanol–water partition coefficient (Wildman–Crippen LogP) is 1.49. The maximum absolute atomic E-state index is 11.0. The quantitative estimate of drug-likeness (QED) is 0.709. The van der Waals surface area contributed by atoms with E-state index < -0.39 is 12.1 Å². The van der Waals surface area contributed by atoms with Crippen LogP contribution in [0.5, 0.6) is 0 Å². The molecule has 0 aromatic carbocycles. The van der Waals surface area contributed by atoms with Gasteiger partial charge in [-0.2, -0.15) is 0 Å². The molecule has 0 bridgehead atoms. The number of amides is 1. The summed E-state index contributed by atoms with van der Waals surface area (Å²) in [5.74, 6) is -0.0288. The number of Topliss-reactive ketones (excluding diaryl/α,β-unsaturated/α-hetero) is 1. The van der Waals surface area contributed by atoms with Gasteiger partial charge in [-0.25, -0.2) is 4.79 Å². The van der Waals surface area contributed by atoms with Gasteiger partial charge in [0.25, 0.3) is 0 Å². The van der Waals surface area contributed by atoms with Gasteiger partial charge >= 0.3 is 6.09 Å². The summed E-state index contributed by atoms with van der Waals surface area (Å²) in [6.07, 6.45) is 2.07. The SMILES string of the molecule is CCCC[C@@H](NC(=O)OC)C(C)=O. The fourth-order valence-corrected chi connectivity index (χ4v) is 0.986. The summed E-state index contributed by atoms with van der Waals surface area (Å²) >= 11 is 0. The van der Waals surface area contributed by atoms with E-state index in [1.54, 1.807) is 0 Å². The number of hydrogen-bond donors (Lipinski definition) is 1. The van der Waals surface area contributed by atoms with Crippen LogP contribution in [-0.4, -0.2) is 25.0 Å². The first-order valence-corrected chi connectivity index (χ1v) is 4.46. The number of carbonyl (C=O) groups is 2. The molecule has 0 aromatic heterocycles. The molecule has 13 heavy (non-hydrogen) atoms. The highest BCUT2D eigenvalue weighted by atomic mass is 16.5. The standard InChI is InChI=1S/C9H17NO3/c1-4-5-6-8(7(2)11)10-9(12)13-3/h8H,4-6H2,1-3H3,(H,10,12)/t8-/m1/s1. The molecule has 0 aliphatic heterocycles. The van der Waals surface area contributed by atoms with Crippen LogP contribution in [0.25, 0.3) is 0 Å². The fourth-order valence-electron chi connectivity index (χ4n) is 0.986. The average Bonchev–Trinajstić information content (AvgIpc) is 2.11. The first-order chi connectivity index (χ1) is 6.11. The average molecular weight is 187 g/mol. The Morgan fingerprint density at radius 2 is 2.08 bits per heavy atom. The molecule has 1 atom stereocenters. The summed E-state index contributed by atoms with van der Waals surface area (Å²) in [5, 5.41) is 2.49. The third kappa shape index (κ3) is 5.22. The molecule has 76 valence electrons. The van der Waals surface area contributed by atoms with Crippen molar-refractivity contribution in [2.24, 2.45) is 0 Å². The number of unbranched alkanes of at least 4 members (excludes halogenated alkanes) is 1. The summed E-state index contributed by atoms with van der Waals surface area (Å²) in [7, 11) is 1.28. The van der Waals surface area contributed by atoms with Crippen molar-refractivity contribution in [3.05, 3.63) is 0 Å². The monoisotopic (exact) mass is 187 g/mol. The molecule has 0 unspecified atom stereocenters. The first-order valence-electron chi connectivity index (χ1n) is 4.46. The molecule has 1 amide bonds. The minimum atomic E-state index is -0.545. The zero-order chi connectivity index (χ0) is 10.3. The number of alkyl carbamates (subject to hydrolysis) is 1. The smallest absolute Gasteiger partial charge is 0.407 e. The topological polar surface area (TPSA) is 55.4 Å². The fraction of sp³-hybridized carbons (Fsp3) is 0.778. The van der Waals surface area contributed by atoms with Crippen molar-refractivity contribution in [1.29, 1.82) is 0 Å². The molecule has 0 saturated carbocycles. The summed E-state index contributed by atoms with van der Waals surface area (Å²) < 4.78 is 4.41. The Labute approximate surface area is 78.6 Å². The maximum Gasteiger partial charge on any atom is 0.407 e. The number of rotatable bonds is 5. The third-order valence-electron chi connectivity index (χ3n) is 1.81. The molecular weight excluding hydrogens is 170 g/mol. The van der Waals surface area contributed by atoms with Gasteiger partial charge in [0.05, 0.1) is 13.2 Å². The molecule has 0 rings (SSSR count). The van der Waals surface area contributed by atoms with Gasteiger partial charge in [0.2, 0.25) is 0 Å². The van der Waals surface area contributed by atoms with Crippen LogP contribution in [0.4, 0.5) is 4.79 Å². The Balaban J connectivity index is 3.94. The second-order valence-corrected chi connectivity index (χ2v) is 2.94. The predicted molar refractivity (Wildman–Crippen MR) is 49.5 cm³/mol. The van der Waals surface area contributed by atoms with E-state index in [2.05, 4.69) is 10.1 Å². The van der Waals surface area contributed by atoms with Crippen LogP contribution < -0.4 is 5.32 Å². The van der Waals surface area contributed by atoms with Crippen LogP contribution in [-0.2, 0) is 9.53 Å². The van der Waals surface area contributed by atoms with Crippen molar-refractivity contribution < 1.29 is 14.3 Å². The minimum absolute atomic E-state index is 0.0288. The van der Waals surface area contributed by atoms with Crippen LogP contribution in [0.3, 0.4) is 0 Å². The Morgan fingerprint density at radius 1 is 1.46 bits per heavy atom. The highest BCUT2D eigenvalue weighted by Crippen LogP contribution is 2.01. The summed E-state index contributed by atoms with van der Waals surface area (Å²) in [5.41, 5.74) is 0. The van der Waals surface area contributed by atoms with Crippen molar-refractivity contribution in [3.8, 4) is 0 Å². The van der Waals surface area contributed by atoms with Gasteiger partial charge in [0, 0.05) is 0 Å². The van der Waals surface area contributed by atoms with Gasteiger partial charge in [-0.1, -0.05) is 19.8 Å². The number of carbonyl (C=O) groups excluding carboxylic acids is 2. The molecule has 4 heteroatoms. The molecule has 0 aliphatic carbocycles. The van der Waals surface area contributed by atoms with Crippen molar-refractivity contribution >= 4 is 11.9 Å². The van der Waals surface area contributed by atoms with E-state index in [1.165, 1.54) is 14.0 Å². The van der Waals surface area contributed by atoms with Crippen molar-refractivity contribution in [3.63, 3.8) is 0 Å². The highest BCUT2D eigenvalue weighted by Gasteiger charge is 2.15. The third-order valence-corrected chi connectivity index (χ3v) is 1.81. The van der Waals surface area contributed by atoms with Gasteiger partial charge in [-0.05, 0) is 13.3 Å². The number of nitrogens with one attached hydrogen (secondary N) is 1. The zero-order valence-corrected chi connectivity index (χ0v) is 8.42. The van der Waals surface area contributed by atoms with Crippen LogP contribution >= 0.6 is 0 Å². The summed E-state index contributed by atoms with van der Waals surface area (Å²) in [6, 6.07) is -0.396. The van der Waals surface area contributed by atoms with E-state index in [9.17, 15) is 9.59 Å². The normalized spacial score (nSPS) is 11.9. The van der Waals surface area contributed by atoms with Crippen molar-refractivity contribution in [2.45, 2.75) is 39.2 Å². The lowest BCUT2D eigenvalue weighted by molar-refractivity contribution is -0.119. The van der Waals surface area contributed by atoms with Crippen molar-refractivity contribution in [2.75, 3.05) is 7.11 Å². The number of hydrogen-bond acceptors (Lipinski definition) is 3. The van der Waals surface area contributed by atoms with E-state index in [0.717, 1.165) is 12.8 Å². The molecule has 0 aliphatic rings. The van der Waals surface area contributed by atoms with Crippen LogP contribution in [0, 0.1) is 0 Å². The van der Waals surface area contributed by atoms with Gasteiger partial charge < -0.3 is 10.1 Å². The second-order valence-electron chi connectivity index (χ2n) is 2.94. The molecular formula is C9H17NO3. The van der Waals surface area contributed by atoms with E-state index >= 15 is 0 Å². The van der Waals surface area contributed by atoms with E-state index in [4.69, 9.17) is 0 Å². The van der Waals surface area contributed by atoms with E-state index in [1.807, 2.05) is 6.92 Å². The zero-order valence-electron chi connectivity index (χ0n) is 8.42. The lowest BCUT2D eigenvalue weighted by Gasteiger charge is -2.13. The minimum Gasteiger partial charge on any atom is -0.453 e. The van der Waals surface area contributed by atoms with E-state index in [-0.39, 0.29) is 5.78 Å². The molecule has 0 fully saturated rings.